The van der Waals surface area contributed by atoms with Gasteiger partial charge in [0, 0.05) is 13.1 Å². The average molecular weight is 228 g/mol. The van der Waals surface area contributed by atoms with E-state index in [4.69, 9.17) is 17.2 Å². The molecule has 0 aromatic rings. The fourth-order valence-corrected chi connectivity index (χ4v) is 2.11. The predicted molar refractivity (Wildman–Crippen MR) is 58.2 cm³/mol. The first-order valence-corrected chi connectivity index (χ1v) is 5.21. The lowest BCUT2D eigenvalue weighted by atomic mass is 10.3. The molecule has 0 amide bonds. The monoisotopic (exact) mass is 228 g/mol. The van der Waals surface area contributed by atoms with Crippen molar-refractivity contribution in [3.63, 3.8) is 0 Å². The van der Waals surface area contributed by atoms with Gasteiger partial charge >= 0.3 is 11.7 Å². The molecule has 2 aliphatic heterocycles. The standard InChI is InChI=1S/C8H16N6O2/c9-5-6(10)14(16)8(7(11)13(5)15)12-3-1-2-4-12/h5,8H,1-4,9-11H2. The smallest absolute Gasteiger partial charge is 0.310 e. The zero-order chi connectivity index (χ0) is 11.9. The third kappa shape index (κ3) is 1.46. The maximum absolute atomic E-state index is 11.8. The third-order valence-corrected chi connectivity index (χ3v) is 3.04. The maximum Gasteiger partial charge on any atom is 0.310 e. The number of rotatable bonds is 1. The second kappa shape index (κ2) is 3.80. The Kier molecular flexibility index (Phi) is 2.60. The second-order valence-corrected chi connectivity index (χ2v) is 4.06. The van der Waals surface area contributed by atoms with E-state index in [1.54, 1.807) is 0 Å². The Balaban J connectivity index is 2.35. The number of likely N-dealkylation sites (tertiary alicyclic amines) is 1. The van der Waals surface area contributed by atoms with E-state index >= 15 is 0 Å². The summed E-state index contributed by atoms with van der Waals surface area (Å²) in [5.41, 5.74) is 16.6. The van der Waals surface area contributed by atoms with Gasteiger partial charge in [-0.2, -0.15) is 0 Å². The molecule has 8 heteroatoms. The summed E-state index contributed by atoms with van der Waals surface area (Å²) >= 11 is 0. The summed E-state index contributed by atoms with van der Waals surface area (Å²) in [4.78, 5) is 1.84. The Bertz CT molecular complexity index is 334. The van der Waals surface area contributed by atoms with Crippen molar-refractivity contribution >= 4 is 11.7 Å². The van der Waals surface area contributed by atoms with Crippen molar-refractivity contribution in [3.05, 3.63) is 10.4 Å². The largest absolute Gasteiger partial charge is 0.714 e. The third-order valence-electron chi connectivity index (χ3n) is 3.04. The first-order chi connectivity index (χ1) is 7.54. The summed E-state index contributed by atoms with van der Waals surface area (Å²) in [6.45, 7) is 1.47. The molecule has 2 rings (SSSR count). The fourth-order valence-electron chi connectivity index (χ4n) is 2.11. The number of hydrogen-bond acceptors (Lipinski definition) is 6. The van der Waals surface area contributed by atoms with Gasteiger partial charge in [-0.25, -0.2) is 9.48 Å². The van der Waals surface area contributed by atoms with Crippen LogP contribution in [-0.2, 0) is 0 Å². The summed E-state index contributed by atoms with van der Waals surface area (Å²) in [6, 6.07) is 0. The molecule has 0 aromatic heterocycles. The second-order valence-electron chi connectivity index (χ2n) is 4.06. The molecule has 8 nitrogen and oxygen atoms in total. The van der Waals surface area contributed by atoms with Gasteiger partial charge in [0.05, 0.1) is 0 Å². The van der Waals surface area contributed by atoms with Crippen LogP contribution in [0.5, 0.6) is 0 Å². The maximum atomic E-state index is 11.8. The van der Waals surface area contributed by atoms with Crippen molar-refractivity contribution in [1.29, 1.82) is 0 Å². The molecule has 1 fully saturated rings. The van der Waals surface area contributed by atoms with Crippen LogP contribution < -0.4 is 17.2 Å². The molecule has 0 radical (unpaired) electrons. The number of hydroxylamine groups is 2. The van der Waals surface area contributed by atoms with Crippen LogP contribution in [0.15, 0.2) is 0 Å². The molecule has 90 valence electrons. The number of nitrogens with two attached hydrogens (primary N) is 3. The number of nitrogens with zero attached hydrogens (tertiary/aromatic N) is 3. The molecule has 0 aliphatic carbocycles. The van der Waals surface area contributed by atoms with Gasteiger partial charge in [0.25, 0.3) is 6.17 Å². The minimum absolute atomic E-state index is 0.0846. The summed E-state index contributed by atoms with van der Waals surface area (Å²) < 4.78 is 0.951. The molecule has 2 atom stereocenters. The Morgan fingerprint density at radius 3 is 2.19 bits per heavy atom. The highest BCUT2D eigenvalue weighted by atomic mass is 16.5. The van der Waals surface area contributed by atoms with Gasteiger partial charge in [-0.3, -0.25) is 22.1 Å². The first kappa shape index (κ1) is 11.0. The SMILES string of the molecule is NC1=[N+]([O-])C(N)C(N)=[N+]([O-])C1N1CCCC1. The quantitative estimate of drug-likeness (QED) is 0.334. The van der Waals surface area contributed by atoms with Crippen LogP contribution in [0.4, 0.5) is 0 Å². The van der Waals surface area contributed by atoms with E-state index in [1.807, 2.05) is 4.90 Å². The van der Waals surface area contributed by atoms with Crippen molar-refractivity contribution in [3.8, 4) is 0 Å². The van der Waals surface area contributed by atoms with E-state index in [9.17, 15) is 10.4 Å². The number of hydrogen-bond donors (Lipinski definition) is 3. The van der Waals surface area contributed by atoms with Gasteiger partial charge in [0.15, 0.2) is 0 Å². The highest BCUT2D eigenvalue weighted by Crippen LogP contribution is 2.14. The van der Waals surface area contributed by atoms with E-state index in [1.165, 1.54) is 0 Å². The summed E-state index contributed by atoms with van der Waals surface area (Å²) in [6.07, 6.45) is -0.0126. The lowest BCUT2D eigenvalue weighted by Gasteiger charge is -2.34. The molecule has 0 bridgehead atoms. The Morgan fingerprint density at radius 1 is 1.06 bits per heavy atom. The van der Waals surface area contributed by atoms with Crippen LogP contribution in [0.25, 0.3) is 0 Å². The summed E-state index contributed by atoms with van der Waals surface area (Å²) in [5, 5.41) is 23.4. The molecular weight excluding hydrogens is 212 g/mol. The van der Waals surface area contributed by atoms with E-state index in [2.05, 4.69) is 0 Å². The lowest BCUT2D eigenvalue weighted by Crippen LogP contribution is -2.64. The van der Waals surface area contributed by atoms with Gasteiger partial charge < -0.3 is 10.4 Å². The van der Waals surface area contributed by atoms with Crippen LogP contribution >= 0.6 is 0 Å². The first-order valence-electron chi connectivity index (χ1n) is 5.21. The Morgan fingerprint density at radius 2 is 1.62 bits per heavy atom. The molecule has 16 heavy (non-hydrogen) atoms. The van der Waals surface area contributed by atoms with E-state index < -0.39 is 12.3 Å². The number of amidine groups is 2. The molecule has 0 saturated carbocycles. The highest BCUT2D eigenvalue weighted by molar-refractivity contribution is 5.87. The highest BCUT2D eigenvalue weighted by Gasteiger charge is 2.40. The molecular formula is C8H16N6O2. The molecule has 2 heterocycles. The van der Waals surface area contributed by atoms with Gasteiger partial charge in [-0.05, 0) is 12.8 Å². The molecule has 0 aromatic carbocycles. The molecule has 2 aliphatic rings. The topological polar surface area (TPSA) is 133 Å². The van der Waals surface area contributed by atoms with Crippen molar-refractivity contribution in [2.45, 2.75) is 25.2 Å². The van der Waals surface area contributed by atoms with E-state index in [0.717, 1.165) is 25.9 Å². The molecule has 6 N–H and O–H groups in total. The van der Waals surface area contributed by atoms with Crippen LogP contribution in [0, 0.1) is 10.4 Å². The summed E-state index contributed by atoms with van der Waals surface area (Å²) in [5.74, 6) is -0.278. The Hall–Kier alpha value is -1.54. The lowest BCUT2D eigenvalue weighted by molar-refractivity contribution is -0.575. The van der Waals surface area contributed by atoms with E-state index in [0.29, 0.717) is 9.48 Å². The van der Waals surface area contributed by atoms with Crippen molar-refractivity contribution in [2.24, 2.45) is 17.2 Å². The Labute approximate surface area is 92.8 Å². The van der Waals surface area contributed by atoms with Crippen molar-refractivity contribution < 1.29 is 9.48 Å². The van der Waals surface area contributed by atoms with Crippen LogP contribution in [0.2, 0.25) is 0 Å². The average Bonchev–Trinajstić information content (AvgIpc) is 2.77. The molecule has 0 spiro atoms. The van der Waals surface area contributed by atoms with Gasteiger partial charge in [0.1, 0.15) is 0 Å². The minimum atomic E-state index is -1.18. The van der Waals surface area contributed by atoms with Crippen LogP contribution in [-0.4, -0.2) is 51.5 Å². The van der Waals surface area contributed by atoms with E-state index in [-0.39, 0.29) is 11.7 Å². The van der Waals surface area contributed by atoms with Crippen LogP contribution in [0.1, 0.15) is 12.8 Å². The van der Waals surface area contributed by atoms with Gasteiger partial charge in [-0.1, -0.05) is 0 Å². The summed E-state index contributed by atoms with van der Waals surface area (Å²) in [7, 11) is 0. The molecule has 1 saturated heterocycles. The van der Waals surface area contributed by atoms with Gasteiger partial charge in [0.2, 0.25) is 6.17 Å². The zero-order valence-corrected chi connectivity index (χ0v) is 8.87. The predicted octanol–water partition coefficient (Wildman–Crippen LogP) is -2.56. The fraction of sp³-hybridized carbons (Fsp3) is 0.750. The molecule has 2 unspecified atom stereocenters. The normalized spacial score (nSPS) is 32.6. The van der Waals surface area contributed by atoms with Crippen LogP contribution in [0.3, 0.4) is 0 Å². The van der Waals surface area contributed by atoms with Gasteiger partial charge in [-0.15, -0.1) is 0 Å². The zero-order valence-electron chi connectivity index (χ0n) is 8.87. The minimum Gasteiger partial charge on any atom is -0.714 e. The van der Waals surface area contributed by atoms with Crippen molar-refractivity contribution in [2.75, 3.05) is 13.1 Å². The van der Waals surface area contributed by atoms with Crippen molar-refractivity contribution in [1.82, 2.24) is 4.90 Å².